The molecule has 0 radical (unpaired) electrons. The van der Waals surface area contributed by atoms with Crippen molar-refractivity contribution >= 4 is 70.4 Å². The number of carbonyl (C=O) groups excluding carboxylic acids is 4. The Balaban J connectivity index is 1.33. The lowest BCUT2D eigenvalue weighted by Crippen LogP contribution is -2.66. The van der Waals surface area contributed by atoms with E-state index in [-0.39, 0.29) is 24.3 Å². The zero-order valence-corrected chi connectivity index (χ0v) is 39.6. The van der Waals surface area contributed by atoms with E-state index >= 15 is 0 Å². The Morgan fingerprint density at radius 2 is 1.17 bits per heavy atom. The predicted molar refractivity (Wildman–Crippen MR) is 252 cm³/mol. The Morgan fingerprint density at radius 3 is 1.71 bits per heavy atom. The van der Waals surface area contributed by atoms with Crippen molar-refractivity contribution in [1.82, 2.24) is 0 Å². The number of halogens is 3. The maximum atomic E-state index is 14.1. The van der Waals surface area contributed by atoms with E-state index in [1.54, 1.807) is 91.0 Å². The largest absolute Gasteiger partial charge is 0.467 e. The number of hydrogen-bond donors (Lipinski definition) is 0. The topological polar surface area (TPSA) is 200 Å². The molecule has 0 saturated carbocycles. The van der Waals surface area contributed by atoms with Crippen LogP contribution >= 0.6 is 46.6 Å². The van der Waals surface area contributed by atoms with Gasteiger partial charge in [0.15, 0.2) is 24.6 Å². The van der Waals surface area contributed by atoms with Crippen LogP contribution in [0, 0.1) is 0 Å². The molecule has 2 aliphatic rings. The van der Waals surface area contributed by atoms with Gasteiger partial charge in [0.25, 0.3) is 3.79 Å². The highest BCUT2D eigenvalue weighted by molar-refractivity contribution is 7.99. The fourth-order valence-electron chi connectivity index (χ4n) is 7.42. The summed E-state index contributed by atoms with van der Waals surface area (Å²) in [5, 5.41) is 4.03. The molecule has 7 rings (SSSR count). The zero-order valence-electron chi connectivity index (χ0n) is 36.5. The standard InChI is InChI=1S/C49H44Cl3N3O13S/c1-60-45(58)41-40(39(62-28-31-19-9-3-10-20-31)42(65-44(57)33-23-13-5-14-24-33)47(67-41)69-34-25-15-6-16-26-34)66-46-36(54-55-53)38(61-27-30-17-7-2-8-18-30)37(68-48(59)49(50,51)52)35(64-46)29-63-43(56)32-21-11-4-12-22-32/h2-26,35-42,46-47H,27-29H2,1H3/t35-,36-,37-,38-,39+,40+,41-,42-,46-,47+/m1/s1. The molecule has 0 N–H and O–H groups in total. The maximum absolute atomic E-state index is 14.1. The van der Waals surface area contributed by atoms with Crippen LogP contribution in [0.4, 0.5) is 0 Å². The molecule has 0 aliphatic carbocycles. The highest BCUT2D eigenvalue weighted by Gasteiger charge is 2.57. The normalized spacial score (nSPS) is 24.5. The minimum absolute atomic E-state index is 0.0946. The van der Waals surface area contributed by atoms with E-state index in [2.05, 4.69) is 10.0 Å². The average Bonchev–Trinajstić information content (AvgIpc) is 3.37. The molecule has 0 unspecified atom stereocenters. The van der Waals surface area contributed by atoms with Gasteiger partial charge < -0.3 is 42.6 Å². The molecule has 2 heterocycles. The van der Waals surface area contributed by atoms with Gasteiger partial charge in [-0.25, -0.2) is 19.2 Å². The molecule has 69 heavy (non-hydrogen) atoms. The van der Waals surface area contributed by atoms with Crippen molar-refractivity contribution in [2.24, 2.45) is 5.11 Å². The monoisotopic (exact) mass is 1020 g/mol. The smallest absolute Gasteiger partial charge is 0.359 e. The van der Waals surface area contributed by atoms with Gasteiger partial charge in [0.1, 0.15) is 42.5 Å². The number of thioether (sulfide) groups is 1. The molecule has 0 aromatic heterocycles. The van der Waals surface area contributed by atoms with Gasteiger partial charge in [-0.3, -0.25) is 0 Å². The van der Waals surface area contributed by atoms with E-state index in [9.17, 15) is 24.7 Å². The summed E-state index contributed by atoms with van der Waals surface area (Å²) in [6.07, 6.45) is -12.4. The van der Waals surface area contributed by atoms with Crippen LogP contribution in [0.1, 0.15) is 31.8 Å². The third-order valence-corrected chi connectivity index (χ3v) is 12.3. The summed E-state index contributed by atoms with van der Waals surface area (Å²) in [6.45, 7) is -0.894. The van der Waals surface area contributed by atoms with Crippen molar-refractivity contribution in [1.29, 1.82) is 0 Å². The summed E-state index contributed by atoms with van der Waals surface area (Å²) in [4.78, 5) is 58.7. The summed E-state index contributed by atoms with van der Waals surface area (Å²) in [5.41, 5.74) is 10.7. The Kier molecular flexibility index (Phi) is 18.3. The van der Waals surface area contributed by atoms with Crippen molar-refractivity contribution in [3.8, 4) is 0 Å². The number of methoxy groups -OCH3 is 1. The molecule has 2 saturated heterocycles. The fourth-order valence-corrected chi connectivity index (χ4v) is 8.66. The zero-order chi connectivity index (χ0) is 48.8. The summed E-state index contributed by atoms with van der Waals surface area (Å²) in [5.74, 6) is -3.82. The summed E-state index contributed by atoms with van der Waals surface area (Å²) in [6, 6.07) is 41.6. The number of azide groups is 1. The number of hydrogen-bond acceptors (Lipinski definition) is 15. The van der Waals surface area contributed by atoms with Crippen LogP contribution in [0.5, 0.6) is 0 Å². The molecule has 5 aromatic carbocycles. The van der Waals surface area contributed by atoms with E-state index in [0.717, 1.165) is 18.9 Å². The number of esters is 4. The van der Waals surface area contributed by atoms with E-state index in [4.69, 9.17) is 77.4 Å². The van der Waals surface area contributed by atoms with Crippen LogP contribution in [-0.4, -0.2) is 102 Å². The first-order valence-electron chi connectivity index (χ1n) is 21.3. The Hall–Kier alpha value is -5.69. The van der Waals surface area contributed by atoms with Crippen molar-refractivity contribution in [3.05, 3.63) is 184 Å². The molecule has 0 amide bonds. The van der Waals surface area contributed by atoms with Gasteiger partial charge >= 0.3 is 23.9 Å². The highest BCUT2D eigenvalue weighted by Crippen LogP contribution is 2.41. The van der Waals surface area contributed by atoms with Gasteiger partial charge in [-0.15, -0.1) is 0 Å². The molecule has 2 aliphatic heterocycles. The van der Waals surface area contributed by atoms with Crippen molar-refractivity contribution < 1.29 is 61.8 Å². The van der Waals surface area contributed by atoms with Crippen LogP contribution in [-0.2, 0) is 65.4 Å². The molecule has 0 bridgehead atoms. The summed E-state index contributed by atoms with van der Waals surface area (Å²) >= 11 is 19.2. The molecule has 2 fully saturated rings. The van der Waals surface area contributed by atoms with E-state index in [1.165, 1.54) is 12.1 Å². The van der Waals surface area contributed by atoms with Crippen LogP contribution < -0.4 is 0 Å². The number of alkyl halides is 3. The average molecular weight is 1020 g/mol. The number of nitrogens with zero attached hydrogens (tertiary/aromatic N) is 3. The third-order valence-electron chi connectivity index (χ3n) is 10.7. The second kappa shape index (κ2) is 24.7. The molecule has 360 valence electrons. The van der Waals surface area contributed by atoms with Gasteiger partial charge in [0.2, 0.25) is 0 Å². The number of carbonyl (C=O) groups is 4. The van der Waals surface area contributed by atoms with Gasteiger partial charge in [-0.05, 0) is 53.1 Å². The molecule has 16 nitrogen and oxygen atoms in total. The molecule has 10 atom stereocenters. The molecular weight excluding hydrogens is 977 g/mol. The molecular formula is C49H44Cl3N3O13S. The third kappa shape index (κ3) is 13.8. The number of benzene rings is 5. The summed E-state index contributed by atoms with van der Waals surface area (Å²) < 4.78 is 53.5. The van der Waals surface area contributed by atoms with E-state index in [1.807, 2.05) is 48.5 Å². The number of ether oxygens (including phenoxy) is 9. The number of rotatable bonds is 18. The van der Waals surface area contributed by atoms with Gasteiger partial charge in [-0.2, -0.15) is 0 Å². The lowest BCUT2D eigenvalue weighted by atomic mass is 9.95. The SMILES string of the molecule is COC(=O)[C@@H]1O[C@@H](Sc2ccccc2)[C@H](OC(=O)c2ccccc2)[C@@H](OCc2ccccc2)[C@@H]1O[C@H]1O[C@H](COC(=O)c2ccccc2)[C@@H](OC(=O)C(Cl)(Cl)Cl)[C@H](OCc2ccccc2)[C@H]1N=[N+]=[N-]. The second-order valence-electron chi connectivity index (χ2n) is 15.3. The Bertz CT molecular complexity index is 2510. The quantitative estimate of drug-likeness (QED) is 0.0201. The van der Waals surface area contributed by atoms with Crippen LogP contribution in [0.25, 0.3) is 10.4 Å². The maximum Gasteiger partial charge on any atom is 0.359 e. The van der Waals surface area contributed by atoms with Crippen molar-refractivity contribution in [2.75, 3.05) is 13.7 Å². The van der Waals surface area contributed by atoms with Gasteiger partial charge in [0.05, 0.1) is 31.5 Å². The van der Waals surface area contributed by atoms with Crippen LogP contribution in [0.15, 0.2) is 162 Å². The van der Waals surface area contributed by atoms with Crippen LogP contribution in [0.2, 0.25) is 0 Å². The van der Waals surface area contributed by atoms with Gasteiger partial charge in [0, 0.05) is 9.81 Å². The fraction of sp³-hybridized carbons (Fsp3) is 0.306. The summed E-state index contributed by atoms with van der Waals surface area (Å²) in [7, 11) is 1.15. The van der Waals surface area contributed by atoms with Crippen LogP contribution in [0.3, 0.4) is 0 Å². The molecule has 5 aromatic rings. The van der Waals surface area contributed by atoms with Gasteiger partial charge in [-0.1, -0.05) is 167 Å². The van der Waals surface area contributed by atoms with Crippen molar-refractivity contribution in [2.45, 2.75) is 82.4 Å². The minimum atomic E-state index is -2.62. The second-order valence-corrected chi connectivity index (χ2v) is 18.8. The minimum Gasteiger partial charge on any atom is -0.467 e. The Labute approximate surface area is 415 Å². The molecule has 20 heteroatoms. The molecule has 0 spiro atoms. The highest BCUT2D eigenvalue weighted by atomic mass is 35.6. The van der Waals surface area contributed by atoms with E-state index in [0.29, 0.717) is 16.0 Å². The first-order chi connectivity index (χ1) is 33.4. The first kappa shape index (κ1) is 51.2. The first-order valence-corrected chi connectivity index (χ1v) is 23.3. The lowest BCUT2D eigenvalue weighted by molar-refractivity contribution is -0.320. The predicted octanol–water partition coefficient (Wildman–Crippen LogP) is 9.00. The van der Waals surface area contributed by atoms with Crippen molar-refractivity contribution in [3.63, 3.8) is 0 Å². The Morgan fingerprint density at radius 1 is 0.652 bits per heavy atom. The van der Waals surface area contributed by atoms with E-state index < -0.39 is 94.8 Å². The lowest BCUT2D eigenvalue weighted by Gasteiger charge is -2.48.